The van der Waals surface area contributed by atoms with E-state index in [4.69, 9.17) is 0 Å². The van der Waals surface area contributed by atoms with Gasteiger partial charge in [-0.2, -0.15) is 0 Å². The topological polar surface area (TPSA) is 25.8 Å². The van der Waals surface area contributed by atoms with Gasteiger partial charge in [-0.05, 0) is 29.5 Å². The zero-order valence-electron chi connectivity index (χ0n) is 9.70. The lowest BCUT2D eigenvalue weighted by Crippen LogP contribution is -2.13. The van der Waals surface area contributed by atoms with Crippen LogP contribution in [0.4, 0.5) is 0 Å². The number of pyridine rings is 2. The Hall–Kier alpha value is -1.44. The molecule has 0 aliphatic heterocycles. The number of rotatable bonds is 0. The molecule has 0 unspecified atom stereocenters. The van der Waals surface area contributed by atoms with Crippen LogP contribution in [0, 0.1) is 6.92 Å². The third kappa shape index (κ3) is 1.72. The predicted molar refractivity (Wildman–Crippen MR) is 63.0 cm³/mol. The van der Waals surface area contributed by atoms with E-state index in [9.17, 15) is 0 Å². The highest BCUT2D eigenvalue weighted by Crippen LogP contribution is 2.28. The number of aromatic nitrogens is 2. The predicted octanol–water partition coefficient (Wildman–Crippen LogP) is 3.24. The lowest BCUT2D eigenvalue weighted by Gasteiger charge is -2.21. The summed E-state index contributed by atoms with van der Waals surface area (Å²) in [5, 5.41) is 1.16. The highest BCUT2D eigenvalue weighted by atomic mass is 14.7. The van der Waals surface area contributed by atoms with Crippen LogP contribution in [0.2, 0.25) is 0 Å². The van der Waals surface area contributed by atoms with Gasteiger partial charge in [0.1, 0.15) is 0 Å². The summed E-state index contributed by atoms with van der Waals surface area (Å²) in [6.45, 7) is 8.77. The van der Waals surface area contributed by atoms with Crippen molar-refractivity contribution in [2.45, 2.75) is 33.1 Å². The minimum absolute atomic E-state index is 0.140. The van der Waals surface area contributed by atoms with Crippen molar-refractivity contribution in [2.24, 2.45) is 0 Å². The van der Waals surface area contributed by atoms with Crippen molar-refractivity contribution in [3.05, 3.63) is 35.8 Å². The van der Waals surface area contributed by atoms with Crippen LogP contribution in [0.15, 0.2) is 24.7 Å². The van der Waals surface area contributed by atoms with Crippen LogP contribution in [-0.2, 0) is 5.41 Å². The quantitative estimate of drug-likeness (QED) is 0.652. The third-order valence-corrected chi connectivity index (χ3v) is 2.75. The molecular weight excluding hydrogens is 184 g/mol. The second-order valence-electron chi connectivity index (χ2n) is 4.94. The van der Waals surface area contributed by atoms with Crippen LogP contribution in [-0.4, -0.2) is 9.97 Å². The Balaban J connectivity index is 2.76. The second kappa shape index (κ2) is 3.30. The molecule has 0 radical (unpaired) electrons. The van der Waals surface area contributed by atoms with Crippen molar-refractivity contribution in [3.63, 3.8) is 0 Å². The van der Waals surface area contributed by atoms with E-state index in [0.29, 0.717) is 0 Å². The Morgan fingerprint density at radius 1 is 1.13 bits per heavy atom. The van der Waals surface area contributed by atoms with Crippen LogP contribution in [0.1, 0.15) is 31.9 Å². The van der Waals surface area contributed by atoms with Crippen molar-refractivity contribution in [1.29, 1.82) is 0 Å². The van der Waals surface area contributed by atoms with Gasteiger partial charge in [0, 0.05) is 24.0 Å². The van der Waals surface area contributed by atoms with Gasteiger partial charge in [0.15, 0.2) is 0 Å². The Bertz CT molecular complexity index is 495. The summed E-state index contributed by atoms with van der Waals surface area (Å²) in [7, 11) is 0. The standard InChI is InChI=1S/C13H16N2/c1-9-10-7-14-6-5-12(10)15-8-11(9)13(2,3)4/h5-8H,1-4H3. The molecular formula is C13H16N2. The molecule has 0 spiro atoms. The monoisotopic (exact) mass is 200 g/mol. The SMILES string of the molecule is Cc1c(C(C)(C)C)cnc2ccncc12. The molecule has 0 amide bonds. The minimum Gasteiger partial charge on any atom is -0.264 e. The first-order valence-corrected chi connectivity index (χ1v) is 5.20. The summed E-state index contributed by atoms with van der Waals surface area (Å²) < 4.78 is 0. The molecule has 2 aromatic heterocycles. The lowest BCUT2D eigenvalue weighted by molar-refractivity contribution is 0.585. The van der Waals surface area contributed by atoms with Crippen molar-refractivity contribution >= 4 is 10.9 Å². The molecule has 2 nitrogen and oxygen atoms in total. The maximum atomic E-state index is 4.47. The minimum atomic E-state index is 0.140. The molecule has 0 aromatic carbocycles. The third-order valence-electron chi connectivity index (χ3n) is 2.75. The fraction of sp³-hybridized carbons (Fsp3) is 0.385. The first-order valence-electron chi connectivity index (χ1n) is 5.20. The van der Waals surface area contributed by atoms with E-state index in [-0.39, 0.29) is 5.41 Å². The normalized spacial score (nSPS) is 12.0. The first kappa shape index (κ1) is 10.1. The smallest absolute Gasteiger partial charge is 0.0735 e. The average molecular weight is 200 g/mol. The van der Waals surface area contributed by atoms with Crippen LogP contribution in [0.5, 0.6) is 0 Å². The summed E-state index contributed by atoms with van der Waals surface area (Å²) in [6.07, 6.45) is 5.66. The Labute approximate surface area is 90.4 Å². The molecule has 78 valence electrons. The zero-order valence-corrected chi connectivity index (χ0v) is 9.70. The first-order chi connectivity index (χ1) is 7.00. The van der Waals surface area contributed by atoms with Crippen LogP contribution < -0.4 is 0 Å². The van der Waals surface area contributed by atoms with E-state index in [0.717, 1.165) is 10.9 Å². The fourth-order valence-electron chi connectivity index (χ4n) is 1.92. The molecule has 0 bridgehead atoms. The van der Waals surface area contributed by atoms with E-state index < -0.39 is 0 Å². The molecule has 0 aliphatic rings. The van der Waals surface area contributed by atoms with E-state index in [1.165, 1.54) is 11.1 Å². The molecule has 2 heteroatoms. The second-order valence-corrected chi connectivity index (χ2v) is 4.94. The molecule has 0 atom stereocenters. The fourth-order valence-corrected chi connectivity index (χ4v) is 1.92. The highest BCUT2D eigenvalue weighted by molar-refractivity contribution is 5.81. The Morgan fingerprint density at radius 3 is 2.53 bits per heavy atom. The van der Waals surface area contributed by atoms with Crippen molar-refractivity contribution < 1.29 is 0 Å². The molecule has 2 aromatic rings. The number of fused-ring (bicyclic) bond motifs is 1. The van der Waals surface area contributed by atoms with E-state index >= 15 is 0 Å². The van der Waals surface area contributed by atoms with Gasteiger partial charge in [-0.25, -0.2) is 0 Å². The number of nitrogens with zero attached hydrogens (tertiary/aromatic N) is 2. The highest BCUT2D eigenvalue weighted by Gasteiger charge is 2.17. The van der Waals surface area contributed by atoms with Gasteiger partial charge in [-0.1, -0.05) is 20.8 Å². The van der Waals surface area contributed by atoms with Gasteiger partial charge in [0.05, 0.1) is 5.52 Å². The maximum Gasteiger partial charge on any atom is 0.0735 e. The number of hydrogen-bond acceptors (Lipinski definition) is 2. The molecule has 0 aliphatic carbocycles. The van der Waals surface area contributed by atoms with E-state index in [2.05, 4.69) is 37.7 Å². The van der Waals surface area contributed by atoms with Gasteiger partial charge >= 0.3 is 0 Å². The van der Waals surface area contributed by atoms with Crippen LogP contribution in [0.25, 0.3) is 10.9 Å². The summed E-state index contributed by atoms with van der Waals surface area (Å²) in [6, 6.07) is 1.95. The summed E-state index contributed by atoms with van der Waals surface area (Å²) >= 11 is 0. The van der Waals surface area contributed by atoms with Gasteiger partial charge in [-0.3, -0.25) is 9.97 Å². The van der Waals surface area contributed by atoms with Crippen LogP contribution >= 0.6 is 0 Å². The van der Waals surface area contributed by atoms with Gasteiger partial charge in [-0.15, -0.1) is 0 Å². The zero-order chi connectivity index (χ0) is 11.1. The van der Waals surface area contributed by atoms with E-state index in [1.807, 2.05) is 18.5 Å². The van der Waals surface area contributed by atoms with Crippen molar-refractivity contribution in [1.82, 2.24) is 9.97 Å². The number of hydrogen-bond donors (Lipinski definition) is 0. The van der Waals surface area contributed by atoms with E-state index in [1.54, 1.807) is 6.20 Å². The van der Waals surface area contributed by atoms with Crippen LogP contribution in [0.3, 0.4) is 0 Å². The van der Waals surface area contributed by atoms with Gasteiger partial charge in [0.25, 0.3) is 0 Å². The molecule has 2 heterocycles. The van der Waals surface area contributed by atoms with Gasteiger partial charge in [0.2, 0.25) is 0 Å². The molecule has 2 rings (SSSR count). The summed E-state index contributed by atoms with van der Waals surface area (Å²) in [5.41, 5.74) is 3.75. The van der Waals surface area contributed by atoms with Crippen molar-refractivity contribution in [2.75, 3.05) is 0 Å². The maximum absolute atomic E-state index is 4.47. The molecule has 0 fully saturated rings. The summed E-state index contributed by atoms with van der Waals surface area (Å²) in [4.78, 5) is 8.63. The molecule has 0 saturated heterocycles. The molecule has 0 N–H and O–H groups in total. The van der Waals surface area contributed by atoms with Crippen molar-refractivity contribution in [3.8, 4) is 0 Å². The lowest BCUT2D eigenvalue weighted by atomic mass is 9.84. The number of aryl methyl sites for hydroxylation is 1. The largest absolute Gasteiger partial charge is 0.264 e. The Kier molecular flexibility index (Phi) is 2.22. The van der Waals surface area contributed by atoms with Gasteiger partial charge < -0.3 is 0 Å². The molecule has 0 saturated carbocycles. The Morgan fingerprint density at radius 2 is 1.87 bits per heavy atom. The molecule has 15 heavy (non-hydrogen) atoms. The average Bonchev–Trinajstić information content (AvgIpc) is 2.16. The summed E-state index contributed by atoms with van der Waals surface area (Å²) in [5.74, 6) is 0.